The molecule has 0 atom stereocenters. The molecule has 48 heavy (non-hydrogen) atoms. The quantitative estimate of drug-likeness (QED) is 0.295. The number of para-hydroxylation sites is 1. The maximum atomic E-state index is 7.32. The highest BCUT2D eigenvalue weighted by Gasteiger charge is 2.20. The van der Waals surface area contributed by atoms with Crippen LogP contribution in [0.4, 0.5) is 11.4 Å². The van der Waals surface area contributed by atoms with Gasteiger partial charge < -0.3 is 10.2 Å². The molecule has 0 saturated carbocycles. The van der Waals surface area contributed by atoms with Gasteiger partial charge in [0.25, 0.3) is 0 Å². The largest absolute Gasteiger partial charge is 0.355 e. The molecule has 0 fully saturated rings. The second kappa shape index (κ2) is 18.5. The second-order valence-electron chi connectivity index (χ2n) is 11.3. The van der Waals surface area contributed by atoms with E-state index in [2.05, 4.69) is 176 Å². The van der Waals surface area contributed by atoms with Gasteiger partial charge in [0.1, 0.15) is 0 Å². The van der Waals surface area contributed by atoms with Crippen LogP contribution < -0.4 is 5.32 Å². The number of allylic oxidation sites excluding steroid dienone is 16. The fraction of sp³-hybridized carbons (Fsp3) is 0.178. The predicted molar refractivity (Wildman–Crippen MR) is 207 cm³/mol. The summed E-state index contributed by atoms with van der Waals surface area (Å²) < 4.78 is 0. The molecule has 242 valence electrons. The lowest BCUT2D eigenvalue weighted by atomic mass is 9.98. The van der Waals surface area contributed by atoms with Crippen LogP contribution in [0.25, 0.3) is 17.2 Å². The molecule has 6 rings (SSSR count). The van der Waals surface area contributed by atoms with E-state index in [9.17, 15) is 0 Å². The van der Waals surface area contributed by atoms with Gasteiger partial charge in [-0.2, -0.15) is 5.26 Å². The molecule has 0 aromatic heterocycles. The summed E-state index contributed by atoms with van der Waals surface area (Å²) in [5.41, 5.74) is 13.4. The van der Waals surface area contributed by atoms with Gasteiger partial charge >= 0.3 is 0 Å². The van der Waals surface area contributed by atoms with E-state index in [-0.39, 0.29) is 0 Å². The maximum absolute atomic E-state index is 7.32. The molecule has 1 N–H and O–H groups in total. The summed E-state index contributed by atoms with van der Waals surface area (Å²) in [6, 6.07) is 29.3. The van der Waals surface area contributed by atoms with E-state index in [0.717, 1.165) is 36.2 Å². The Bertz CT molecular complexity index is 1860. The number of nitrogens with zero attached hydrogens (tertiary/aromatic N) is 2. The molecule has 0 spiro atoms. The second-order valence-corrected chi connectivity index (χ2v) is 11.3. The van der Waals surface area contributed by atoms with Crippen LogP contribution in [0.2, 0.25) is 0 Å². The Morgan fingerprint density at radius 2 is 1.52 bits per heavy atom. The van der Waals surface area contributed by atoms with Crippen molar-refractivity contribution in [3.63, 3.8) is 0 Å². The lowest BCUT2D eigenvalue weighted by molar-refractivity contribution is 0.494. The zero-order valence-electron chi connectivity index (χ0n) is 28.9. The van der Waals surface area contributed by atoms with Gasteiger partial charge in [0.15, 0.2) is 0 Å². The summed E-state index contributed by atoms with van der Waals surface area (Å²) >= 11 is 0. The first-order valence-corrected chi connectivity index (χ1v) is 16.9. The minimum absolute atomic E-state index is 0.971. The highest BCUT2D eigenvalue weighted by molar-refractivity contribution is 5.76. The first-order valence-electron chi connectivity index (χ1n) is 16.9. The van der Waals surface area contributed by atoms with Crippen LogP contribution in [0.3, 0.4) is 0 Å². The molecule has 0 amide bonds. The first-order chi connectivity index (χ1) is 23.6. The SMILES string of the molecule is CC.CC#N.CC1=CC2=C(CC\C=C/C=C1\C=C\c1ccccc1Nc1cccc(-c3ccccc3)c1)N(C1=CC=CC1)C(C)=CC=C2. The molecular weight excluding hydrogens is 583 g/mol. The number of nitriles is 1. The van der Waals surface area contributed by atoms with Crippen molar-refractivity contribution in [1.29, 1.82) is 5.26 Å². The Labute approximate surface area is 288 Å². The van der Waals surface area contributed by atoms with Crippen LogP contribution >= 0.6 is 0 Å². The van der Waals surface area contributed by atoms with Gasteiger partial charge in [0.05, 0.1) is 6.07 Å². The van der Waals surface area contributed by atoms with E-state index >= 15 is 0 Å². The van der Waals surface area contributed by atoms with Gasteiger partial charge in [-0.1, -0.05) is 129 Å². The van der Waals surface area contributed by atoms with Crippen molar-refractivity contribution in [2.75, 3.05) is 5.32 Å². The summed E-state index contributed by atoms with van der Waals surface area (Å²) in [6.45, 7) is 9.86. The number of nitrogens with one attached hydrogen (secondary N) is 1. The van der Waals surface area contributed by atoms with E-state index in [1.807, 2.05) is 13.8 Å². The fourth-order valence-corrected chi connectivity index (χ4v) is 5.81. The third kappa shape index (κ3) is 9.47. The van der Waals surface area contributed by atoms with Crippen LogP contribution in [0, 0.1) is 11.3 Å². The topological polar surface area (TPSA) is 39.1 Å². The standard InChI is InChI=1S/C41H38N2.C2H3N.C2H6/c1-31-29-37-21-13-15-32(2)43(39-23-10-11-24-39)41(37)26-8-4-5-16-33(31)27-28-35-19-9-12-25-40(35)42-38-22-14-20-36(30-38)34-17-6-3-7-18-34;1-2-3;1-2/h3-7,9-23,25,27-30,42H,8,24,26H2,1-2H3;1H3;1-2H3/b5-4-,28-27+,31-29?,33-16+;;. The smallest absolute Gasteiger partial charge is 0.0587 e. The van der Waals surface area contributed by atoms with E-state index < -0.39 is 0 Å². The Morgan fingerprint density at radius 1 is 0.792 bits per heavy atom. The van der Waals surface area contributed by atoms with E-state index in [1.165, 1.54) is 51.9 Å². The fourth-order valence-electron chi connectivity index (χ4n) is 5.81. The zero-order valence-corrected chi connectivity index (χ0v) is 28.9. The van der Waals surface area contributed by atoms with E-state index in [0.29, 0.717) is 0 Å². The molecular formula is C45H47N3. The van der Waals surface area contributed by atoms with E-state index in [1.54, 1.807) is 6.07 Å². The van der Waals surface area contributed by atoms with Gasteiger partial charge in [-0.05, 0) is 96.5 Å². The number of hydrogen-bond acceptors (Lipinski definition) is 3. The van der Waals surface area contributed by atoms with Gasteiger partial charge in [-0.15, -0.1) is 0 Å². The molecule has 3 aromatic carbocycles. The Hall–Kier alpha value is -5.59. The molecule has 0 bridgehead atoms. The van der Waals surface area contributed by atoms with Crippen molar-refractivity contribution in [3.8, 4) is 17.2 Å². The summed E-state index contributed by atoms with van der Waals surface area (Å²) in [4.78, 5) is 2.46. The number of benzene rings is 3. The van der Waals surface area contributed by atoms with Crippen LogP contribution in [-0.4, -0.2) is 4.90 Å². The third-order valence-electron chi connectivity index (χ3n) is 8.05. The number of anilines is 2. The highest BCUT2D eigenvalue weighted by atomic mass is 15.2. The van der Waals surface area contributed by atoms with Crippen LogP contribution in [0.5, 0.6) is 0 Å². The summed E-state index contributed by atoms with van der Waals surface area (Å²) in [7, 11) is 0. The van der Waals surface area contributed by atoms with Crippen molar-refractivity contribution in [2.24, 2.45) is 0 Å². The molecule has 0 radical (unpaired) electrons. The van der Waals surface area contributed by atoms with Crippen LogP contribution in [-0.2, 0) is 0 Å². The van der Waals surface area contributed by atoms with Gasteiger partial charge in [-0.25, -0.2) is 0 Å². The maximum Gasteiger partial charge on any atom is 0.0587 e. The lowest BCUT2D eigenvalue weighted by Crippen LogP contribution is -2.20. The highest BCUT2D eigenvalue weighted by Crippen LogP contribution is 2.34. The average molecular weight is 630 g/mol. The third-order valence-corrected chi connectivity index (χ3v) is 8.05. The van der Waals surface area contributed by atoms with Crippen molar-refractivity contribution < 1.29 is 0 Å². The number of rotatable bonds is 6. The minimum Gasteiger partial charge on any atom is -0.355 e. The summed E-state index contributed by atoms with van der Waals surface area (Å²) in [6.07, 6.45) is 29.8. The van der Waals surface area contributed by atoms with Crippen molar-refractivity contribution in [2.45, 2.75) is 53.9 Å². The Balaban J connectivity index is 0.000000986. The van der Waals surface area contributed by atoms with Crippen LogP contribution in [0.1, 0.15) is 59.4 Å². The monoisotopic (exact) mass is 629 g/mol. The van der Waals surface area contributed by atoms with Crippen molar-refractivity contribution in [3.05, 3.63) is 185 Å². The first kappa shape index (κ1) is 35.3. The predicted octanol–water partition coefficient (Wildman–Crippen LogP) is 12.8. The van der Waals surface area contributed by atoms with Gasteiger partial charge in [0.2, 0.25) is 0 Å². The van der Waals surface area contributed by atoms with E-state index in [4.69, 9.17) is 5.26 Å². The Morgan fingerprint density at radius 3 is 2.29 bits per heavy atom. The molecule has 1 aliphatic heterocycles. The van der Waals surface area contributed by atoms with Gasteiger partial charge in [0, 0.05) is 41.8 Å². The van der Waals surface area contributed by atoms with Crippen LogP contribution in [0.15, 0.2) is 180 Å². The minimum atomic E-state index is 0.971. The molecule has 1 heterocycles. The molecule has 3 heteroatoms. The zero-order chi connectivity index (χ0) is 34.1. The Kier molecular flexibility index (Phi) is 13.6. The molecule has 0 saturated heterocycles. The molecule has 2 aliphatic carbocycles. The summed E-state index contributed by atoms with van der Waals surface area (Å²) in [5.74, 6) is 0. The molecule has 0 unspecified atom stereocenters. The average Bonchev–Trinajstić information content (AvgIpc) is 3.60. The molecule has 3 nitrogen and oxygen atoms in total. The summed E-state index contributed by atoms with van der Waals surface area (Å²) in [5, 5.41) is 11.0. The van der Waals surface area contributed by atoms with Gasteiger partial charge in [-0.3, -0.25) is 0 Å². The van der Waals surface area contributed by atoms with Crippen molar-refractivity contribution >= 4 is 17.5 Å². The number of hydrogen-bond donors (Lipinski definition) is 1. The lowest BCUT2D eigenvalue weighted by Gasteiger charge is -2.30. The molecule has 3 aromatic rings. The van der Waals surface area contributed by atoms with Crippen molar-refractivity contribution in [1.82, 2.24) is 4.90 Å². The molecule has 3 aliphatic rings. The normalized spacial score (nSPS) is 17.1.